The van der Waals surface area contributed by atoms with E-state index >= 15 is 0 Å². The highest BCUT2D eigenvalue weighted by Crippen LogP contribution is 2.58. The summed E-state index contributed by atoms with van der Waals surface area (Å²) in [6.45, 7) is 0.951. The standard InChI is InChI=1S/C19H14F6N6O2S/c1-11-9-17(18(20,21)22,19(23,24)25)14(10-26)15(27)31(11)12-3-5-13(6-4-12)34(32,33)30-16-28-7-2-8-29-16/h2-9H,27H2,1H3,(H,28,29,30). The SMILES string of the molecule is CC1=CC(C(F)(F)F)(C(F)(F)F)C(C#N)=C(N)N1c1ccc(S(=O)(=O)Nc2ncccn2)cc1. The van der Waals surface area contributed by atoms with Gasteiger partial charge in [0, 0.05) is 23.8 Å². The lowest BCUT2D eigenvalue weighted by molar-refractivity contribution is -0.306. The molecule has 0 amide bonds. The third kappa shape index (κ3) is 4.00. The maximum atomic E-state index is 13.7. The van der Waals surface area contributed by atoms with Gasteiger partial charge in [-0.05, 0) is 43.3 Å². The van der Waals surface area contributed by atoms with Gasteiger partial charge in [0.2, 0.25) is 11.4 Å². The molecule has 0 bridgehead atoms. The smallest absolute Gasteiger partial charge is 0.384 e. The van der Waals surface area contributed by atoms with E-state index in [1.54, 1.807) is 0 Å². The van der Waals surface area contributed by atoms with Crippen LogP contribution in [0.1, 0.15) is 6.92 Å². The van der Waals surface area contributed by atoms with Crippen molar-refractivity contribution in [2.75, 3.05) is 9.62 Å². The second kappa shape index (κ2) is 8.20. The van der Waals surface area contributed by atoms with Gasteiger partial charge in [0.15, 0.2) is 0 Å². The summed E-state index contributed by atoms with van der Waals surface area (Å²) in [5.74, 6) is -1.31. The molecule has 1 aromatic carbocycles. The number of nitriles is 1. The molecule has 1 aromatic heterocycles. The molecule has 0 unspecified atom stereocenters. The molecule has 1 aliphatic rings. The van der Waals surface area contributed by atoms with Gasteiger partial charge in [-0.1, -0.05) is 0 Å². The quantitative estimate of drug-likeness (QED) is 0.607. The predicted octanol–water partition coefficient (Wildman–Crippen LogP) is 3.81. The van der Waals surface area contributed by atoms with Gasteiger partial charge in [-0.15, -0.1) is 0 Å². The molecule has 34 heavy (non-hydrogen) atoms. The van der Waals surface area contributed by atoms with Crippen LogP contribution in [0.2, 0.25) is 0 Å². The minimum atomic E-state index is -5.91. The number of anilines is 2. The maximum Gasteiger partial charge on any atom is 0.411 e. The second-order valence-corrected chi connectivity index (χ2v) is 8.65. The number of alkyl halides is 6. The summed E-state index contributed by atoms with van der Waals surface area (Å²) in [6.07, 6.45) is -9.35. The zero-order valence-electron chi connectivity index (χ0n) is 17.0. The van der Waals surface area contributed by atoms with Crippen molar-refractivity contribution in [1.29, 1.82) is 5.26 Å². The molecular formula is C19H14F6N6O2S. The van der Waals surface area contributed by atoms with Crippen LogP contribution in [0.3, 0.4) is 0 Å². The van der Waals surface area contributed by atoms with Gasteiger partial charge in [0.05, 0.1) is 10.5 Å². The number of sulfonamides is 1. The minimum Gasteiger partial charge on any atom is -0.384 e. The molecular weight excluding hydrogens is 490 g/mol. The van der Waals surface area contributed by atoms with Crippen LogP contribution in [0.15, 0.2) is 70.8 Å². The molecule has 2 aromatic rings. The summed E-state index contributed by atoms with van der Waals surface area (Å²) in [5.41, 5.74) is -1.35. The van der Waals surface area contributed by atoms with Crippen molar-refractivity contribution >= 4 is 21.7 Å². The van der Waals surface area contributed by atoms with E-state index in [0.717, 1.165) is 42.2 Å². The fourth-order valence-corrected chi connectivity index (χ4v) is 4.31. The minimum absolute atomic E-state index is 0.0770. The van der Waals surface area contributed by atoms with Gasteiger partial charge < -0.3 is 10.6 Å². The zero-order chi connectivity index (χ0) is 25.5. The first-order valence-corrected chi connectivity index (χ1v) is 10.6. The number of nitrogens with two attached hydrogens (primary N) is 1. The summed E-state index contributed by atoms with van der Waals surface area (Å²) < 4.78 is 109. The summed E-state index contributed by atoms with van der Waals surface area (Å²) in [6, 6.07) is 6.71. The summed E-state index contributed by atoms with van der Waals surface area (Å²) in [7, 11) is -4.16. The Hall–Kier alpha value is -3.80. The zero-order valence-corrected chi connectivity index (χ0v) is 17.8. The van der Waals surface area contributed by atoms with Crippen LogP contribution in [0.25, 0.3) is 0 Å². The van der Waals surface area contributed by atoms with Crippen LogP contribution < -0.4 is 15.4 Å². The Bertz CT molecular complexity index is 1280. The number of nitrogens with one attached hydrogen (secondary N) is 1. The third-order valence-electron chi connectivity index (χ3n) is 4.87. The fraction of sp³-hybridized carbons (Fsp3) is 0.211. The number of benzene rings is 1. The molecule has 3 N–H and O–H groups in total. The first-order valence-electron chi connectivity index (χ1n) is 9.09. The van der Waals surface area contributed by atoms with Crippen molar-refractivity contribution in [3.05, 3.63) is 65.9 Å². The Labute approximate surface area is 189 Å². The fourth-order valence-electron chi connectivity index (χ4n) is 3.36. The molecule has 0 atom stereocenters. The number of aromatic nitrogens is 2. The van der Waals surface area contributed by atoms with E-state index in [-0.39, 0.29) is 22.6 Å². The molecule has 1 aliphatic heterocycles. The maximum absolute atomic E-state index is 13.7. The highest BCUT2D eigenvalue weighted by molar-refractivity contribution is 7.92. The largest absolute Gasteiger partial charge is 0.411 e. The number of halogens is 6. The Balaban J connectivity index is 2.05. The van der Waals surface area contributed by atoms with E-state index in [4.69, 9.17) is 5.73 Å². The van der Waals surface area contributed by atoms with Gasteiger partial charge in [0.1, 0.15) is 11.9 Å². The molecule has 0 aliphatic carbocycles. The van der Waals surface area contributed by atoms with E-state index in [9.17, 15) is 40.0 Å². The number of allylic oxidation sites excluding steroid dienone is 3. The first-order chi connectivity index (χ1) is 15.7. The molecule has 8 nitrogen and oxygen atoms in total. The number of rotatable bonds is 4. The lowest BCUT2D eigenvalue weighted by Crippen LogP contribution is -2.54. The number of hydrogen-bond acceptors (Lipinski definition) is 7. The molecule has 0 fully saturated rings. The first kappa shape index (κ1) is 24.8. The second-order valence-electron chi connectivity index (χ2n) is 6.97. The third-order valence-corrected chi connectivity index (χ3v) is 6.22. The van der Waals surface area contributed by atoms with Crippen LogP contribution in [0.5, 0.6) is 0 Å². The summed E-state index contributed by atoms with van der Waals surface area (Å²) in [5, 5.41) is 9.22. The molecule has 15 heteroatoms. The topological polar surface area (TPSA) is 125 Å². The molecule has 0 spiro atoms. The van der Waals surface area contributed by atoms with Crippen LogP contribution in [0.4, 0.5) is 38.0 Å². The molecule has 0 saturated carbocycles. The predicted molar refractivity (Wildman–Crippen MR) is 107 cm³/mol. The molecule has 180 valence electrons. The Kier molecular flexibility index (Phi) is 5.99. The van der Waals surface area contributed by atoms with E-state index in [1.165, 1.54) is 18.5 Å². The lowest BCUT2D eigenvalue weighted by Gasteiger charge is -2.41. The average Bonchev–Trinajstić information content (AvgIpc) is 2.72. The van der Waals surface area contributed by atoms with E-state index in [0.29, 0.717) is 0 Å². The Morgan fingerprint density at radius 3 is 2.06 bits per heavy atom. The summed E-state index contributed by atoms with van der Waals surface area (Å²) in [4.78, 5) is 7.92. The highest BCUT2D eigenvalue weighted by atomic mass is 32.2. The van der Waals surface area contributed by atoms with Crippen molar-refractivity contribution < 1.29 is 34.8 Å². The van der Waals surface area contributed by atoms with Crippen LogP contribution in [-0.4, -0.2) is 30.7 Å². The number of nitrogens with zero attached hydrogens (tertiary/aromatic N) is 4. The lowest BCUT2D eigenvalue weighted by atomic mass is 9.75. The van der Waals surface area contributed by atoms with E-state index in [2.05, 4.69) is 14.7 Å². The number of hydrogen-bond donors (Lipinski definition) is 2. The monoisotopic (exact) mass is 504 g/mol. The van der Waals surface area contributed by atoms with Crippen molar-refractivity contribution in [2.45, 2.75) is 24.2 Å². The average molecular weight is 504 g/mol. The molecule has 2 heterocycles. The Morgan fingerprint density at radius 2 is 1.59 bits per heavy atom. The normalized spacial score (nSPS) is 16.6. The van der Waals surface area contributed by atoms with Crippen molar-refractivity contribution in [3.63, 3.8) is 0 Å². The van der Waals surface area contributed by atoms with Gasteiger partial charge in [-0.25, -0.2) is 23.1 Å². The van der Waals surface area contributed by atoms with Gasteiger partial charge >= 0.3 is 12.4 Å². The van der Waals surface area contributed by atoms with Gasteiger partial charge in [-0.2, -0.15) is 31.6 Å². The summed E-state index contributed by atoms with van der Waals surface area (Å²) >= 11 is 0. The molecule has 3 rings (SSSR count). The van der Waals surface area contributed by atoms with Crippen molar-refractivity contribution in [1.82, 2.24) is 9.97 Å². The van der Waals surface area contributed by atoms with Crippen LogP contribution >= 0.6 is 0 Å². The van der Waals surface area contributed by atoms with Crippen LogP contribution in [-0.2, 0) is 10.0 Å². The van der Waals surface area contributed by atoms with Crippen molar-refractivity contribution in [2.24, 2.45) is 11.1 Å². The molecule has 0 radical (unpaired) electrons. The van der Waals surface area contributed by atoms with E-state index < -0.39 is 44.9 Å². The molecule has 0 saturated heterocycles. The van der Waals surface area contributed by atoms with Gasteiger partial charge in [0.25, 0.3) is 10.0 Å². The highest BCUT2D eigenvalue weighted by Gasteiger charge is 2.73. The van der Waals surface area contributed by atoms with Gasteiger partial charge in [-0.3, -0.25) is 0 Å². The Morgan fingerprint density at radius 1 is 1.06 bits per heavy atom. The van der Waals surface area contributed by atoms with Crippen LogP contribution in [0, 0.1) is 16.7 Å². The van der Waals surface area contributed by atoms with E-state index in [1.807, 2.05) is 0 Å². The van der Waals surface area contributed by atoms with Crippen molar-refractivity contribution in [3.8, 4) is 6.07 Å².